The number of nitrogens with one attached hydrogen (secondary N) is 1. The topological polar surface area (TPSA) is 46.2 Å². The first-order chi connectivity index (χ1) is 12.8. The highest BCUT2D eigenvalue weighted by Crippen LogP contribution is 2.29. The van der Waals surface area contributed by atoms with Gasteiger partial charge in [0.2, 0.25) is 5.91 Å². The third-order valence-electron chi connectivity index (χ3n) is 3.54. The van der Waals surface area contributed by atoms with Crippen LogP contribution in [0.5, 0.6) is 0 Å². The standard InChI is InChI=1S/C20H15BrF3NO2/c21-17-8-6-15(7-9-17)18(26)10-11-19(27)25-12-2-4-14-3-1-5-16(13-14)20(22,23)24/h1,3,5-9,13H,10-12H2,(H,25,27). The predicted molar refractivity (Wildman–Crippen MR) is 99.0 cm³/mol. The van der Waals surface area contributed by atoms with Crippen molar-refractivity contribution >= 4 is 27.6 Å². The molecule has 0 aliphatic carbocycles. The average Bonchev–Trinajstić information content (AvgIpc) is 2.63. The Morgan fingerprint density at radius 1 is 1.04 bits per heavy atom. The van der Waals surface area contributed by atoms with Crippen molar-refractivity contribution in [3.8, 4) is 11.8 Å². The lowest BCUT2D eigenvalue weighted by molar-refractivity contribution is -0.137. The Balaban J connectivity index is 1.79. The van der Waals surface area contributed by atoms with Gasteiger partial charge in [0, 0.05) is 28.4 Å². The van der Waals surface area contributed by atoms with Crippen molar-refractivity contribution in [2.45, 2.75) is 19.0 Å². The summed E-state index contributed by atoms with van der Waals surface area (Å²) in [6.45, 7) is -0.0123. The number of halogens is 4. The van der Waals surface area contributed by atoms with E-state index in [0.29, 0.717) is 5.56 Å². The van der Waals surface area contributed by atoms with Crippen LogP contribution in [0.2, 0.25) is 0 Å². The summed E-state index contributed by atoms with van der Waals surface area (Å²) < 4.78 is 38.7. The van der Waals surface area contributed by atoms with E-state index in [-0.39, 0.29) is 36.6 Å². The molecule has 7 heteroatoms. The van der Waals surface area contributed by atoms with Gasteiger partial charge in [-0.1, -0.05) is 46.0 Å². The maximum atomic E-state index is 12.6. The number of rotatable bonds is 5. The van der Waals surface area contributed by atoms with Crippen molar-refractivity contribution in [2.24, 2.45) is 0 Å². The highest BCUT2D eigenvalue weighted by Gasteiger charge is 2.30. The monoisotopic (exact) mass is 437 g/mol. The molecule has 2 aromatic rings. The molecule has 140 valence electrons. The van der Waals surface area contributed by atoms with Crippen LogP contribution in [0, 0.1) is 11.8 Å². The van der Waals surface area contributed by atoms with Gasteiger partial charge < -0.3 is 5.32 Å². The summed E-state index contributed by atoms with van der Waals surface area (Å²) in [7, 11) is 0. The molecule has 0 aliphatic rings. The third kappa shape index (κ3) is 6.91. The predicted octanol–water partition coefficient (Wildman–Crippen LogP) is 4.60. The molecule has 2 aromatic carbocycles. The molecular weight excluding hydrogens is 423 g/mol. The van der Waals surface area contributed by atoms with Gasteiger partial charge >= 0.3 is 6.18 Å². The molecule has 0 bridgehead atoms. The van der Waals surface area contributed by atoms with Crippen molar-refractivity contribution in [3.05, 3.63) is 69.7 Å². The first-order valence-corrected chi connectivity index (χ1v) is 8.76. The molecule has 1 N–H and O–H groups in total. The number of hydrogen-bond acceptors (Lipinski definition) is 2. The first-order valence-electron chi connectivity index (χ1n) is 7.97. The summed E-state index contributed by atoms with van der Waals surface area (Å²) in [5.74, 6) is 4.68. The Morgan fingerprint density at radius 3 is 2.41 bits per heavy atom. The van der Waals surface area contributed by atoms with Gasteiger partial charge in [-0.3, -0.25) is 9.59 Å². The normalized spacial score (nSPS) is 10.7. The average molecular weight is 438 g/mol. The molecule has 3 nitrogen and oxygen atoms in total. The van der Waals surface area contributed by atoms with E-state index in [9.17, 15) is 22.8 Å². The van der Waals surface area contributed by atoms with Crippen LogP contribution in [-0.4, -0.2) is 18.2 Å². The van der Waals surface area contributed by atoms with Crippen LogP contribution in [0.15, 0.2) is 53.0 Å². The number of carbonyl (C=O) groups is 2. The number of carbonyl (C=O) groups excluding carboxylic acids is 2. The molecule has 0 spiro atoms. The van der Waals surface area contributed by atoms with Gasteiger partial charge in [0.25, 0.3) is 0 Å². The lowest BCUT2D eigenvalue weighted by Crippen LogP contribution is -2.24. The highest BCUT2D eigenvalue weighted by atomic mass is 79.9. The fourth-order valence-corrected chi connectivity index (χ4v) is 2.42. The molecular formula is C20H15BrF3NO2. The molecule has 0 saturated carbocycles. The maximum absolute atomic E-state index is 12.6. The number of benzene rings is 2. The van der Waals surface area contributed by atoms with E-state index in [1.54, 1.807) is 24.3 Å². The van der Waals surface area contributed by atoms with E-state index in [1.165, 1.54) is 12.1 Å². The fourth-order valence-electron chi connectivity index (χ4n) is 2.16. The lowest BCUT2D eigenvalue weighted by Gasteiger charge is -2.05. The third-order valence-corrected chi connectivity index (χ3v) is 4.07. The molecule has 0 heterocycles. The zero-order chi connectivity index (χ0) is 19.9. The van der Waals surface area contributed by atoms with Gasteiger partial charge in [0.15, 0.2) is 5.78 Å². The summed E-state index contributed by atoms with van der Waals surface area (Å²) >= 11 is 3.28. The van der Waals surface area contributed by atoms with Crippen molar-refractivity contribution in [2.75, 3.05) is 6.54 Å². The van der Waals surface area contributed by atoms with Crippen molar-refractivity contribution in [1.29, 1.82) is 0 Å². The minimum absolute atomic E-state index is 0.0123. The maximum Gasteiger partial charge on any atom is 0.416 e. The van der Waals surface area contributed by atoms with E-state index in [1.807, 2.05) is 0 Å². The smallest absolute Gasteiger partial charge is 0.345 e. The minimum atomic E-state index is -4.42. The molecule has 0 aromatic heterocycles. The summed E-state index contributed by atoms with van der Waals surface area (Å²) in [4.78, 5) is 23.7. The van der Waals surface area contributed by atoms with E-state index in [0.717, 1.165) is 16.6 Å². The SMILES string of the molecule is O=C(CCC(=O)c1ccc(Br)cc1)NCC#Cc1cccc(C(F)(F)F)c1. The lowest BCUT2D eigenvalue weighted by atomic mass is 10.1. The van der Waals surface area contributed by atoms with E-state index < -0.39 is 11.7 Å². The van der Waals surface area contributed by atoms with Crippen molar-refractivity contribution in [3.63, 3.8) is 0 Å². The molecule has 0 fully saturated rings. The largest absolute Gasteiger partial charge is 0.416 e. The van der Waals surface area contributed by atoms with Crippen molar-refractivity contribution < 1.29 is 22.8 Å². The Morgan fingerprint density at radius 2 is 1.74 bits per heavy atom. The van der Waals surface area contributed by atoms with Crippen LogP contribution >= 0.6 is 15.9 Å². The van der Waals surface area contributed by atoms with Crippen LogP contribution in [0.25, 0.3) is 0 Å². The van der Waals surface area contributed by atoms with Gasteiger partial charge in [-0.2, -0.15) is 13.2 Å². The number of Topliss-reactive ketones (excluding diaryl/α,β-unsaturated/α-hetero) is 1. The Kier molecular flexibility index (Phi) is 7.19. The van der Waals surface area contributed by atoms with E-state index >= 15 is 0 Å². The van der Waals surface area contributed by atoms with Crippen LogP contribution in [0.4, 0.5) is 13.2 Å². The van der Waals surface area contributed by atoms with Crippen LogP contribution < -0.4 is 5.32 Å². The van der Waals surface area contributed by atoms with E-state index in [4.69, 9.17) is 0 Å². The van der Waals surface area contributed by atoms with Gasteiger partial charge in [-0.15, -0.1) is 0 Å². The molecule has 0 atom stereocenters. The molecule has 2 rings (SSSR count). The van der Waals surface area contributed by atoms with Crippen LogP contribution in [-0.2, 0) is 11.0 Å². The Bertz CT molecular complexity index is 881. The van der Waals surface area contributed by atoms with Gasteiger partial charge in [-0.25, -0.2) is 0 Å². The van der Waals surface area contributed by atoms with Crippen LogP contribution in [0.3, 0.4) is 0 Å². The second-order valence-corrected chi connectivity index (χ2v) is 6.50. The molecule has 1 amide bonds. The number of amides is 1. The highest BCUT2D eigenvalue weighted by molar-refractivity contribution is 9.10. The second kappa shape index (κ2) is 9.38. The summed E-state index contributed by atoms with van der Waals surface area (Å²) in [5, 5.41) is 2.52. The first kappa shape index (κ1) is 20.7. The number of ketones is 1. The molecule has 0 aliphatic heterocycles. The molecule has 0 unspecified atom stereocenters. The second-order valence-electron chi connectivity index (χ2n) is 5.59. The van der Waals surface area contributed by atoms with Gasteiger partial charge in [0.1, 0.15) is 0 Å². The number of alkyl halides is 3. The minimum Gasteiger partial charge on any atom is -0.345 e. The molecule has 0 radical (unpaired) electrons. The van der Waals surface area contributed by atoms with Gasteiger partial charge in [-0.05, 0) is 30.3 Å². The Hall–Kier alpha value is -2.59. The van der Waals surface area contributed by atoms with Gasteiger partial charge in [0.05, 0.1) is 12.1 Å². The molecule has 27 heavy (non-hydrogen) atoms. The Labute approximate surface area is 163 Å². The molecule has 0 saturated heterocycles. The quantitative estimate of drug-likeness (QED) is 0.548. The zero-order valence-electron chi connectivity index (χ0n) is 14.1. The van der Waals surface area contributed by atoms with Crippen LogP contribution in [0.1, 0.15) is 34.3 Å². The van der Waals surface area contributed by atoms with Crippen molar-refractivity contribution in [1.82, 2.24) is 5.32 Å². The fraction of sp³-hybridized carbons (Fsp3) is 0.200. The van der Waals surface area contributed by atoms with E-state index in [2.05, 4.69) is 33.1 Å². The summed E-state index contributed by atoms with van der Waals surface area (Å²) in [5.41, 5.74) is -0.0374. The summed E-state index contributed by atoms with van der Waals surface area (Å²) in [6, 6.07) is 11.5. The summed E-state index contributed by atoms with van der Waals surface area (Å²) in [6.07, 6.45) is -4.35. The number of hydrogen-bond donors (Lipinski definition) is 1. The zero-order valence-corrected chi connectivity index (χ0v) is 15.7.